The van der Waals surface area contributed by atoms with E-state index in [0.29, 0.717) is 6.42 Å². The molecule has 1 amide bonds. The van der Waals surface area contributed by atoms with Gasteiger partial charge in [0, 0.05) is 12.5 Å². The molecule has 0 aliphatic rings. The van der Waals surface area contributed by atoms with E-state index >= 15 is 0 Å². The lowest BCUT2D eigenvalue weighted by atomic mass is 10.2. The minimum Gasteiger partial charge on any atom is -0.475 e. The second-order valence-electron chi connectivity index (χ2n) is 3.25. The van der Waals surface area contributed by atoms with Crippen LogP contribution in [0.25, 0.3) is 0 Å². The van der Waals surface area contributed by atoms with Crippen LogP contribution in [0.15, 0.2) is 16.5 Å². The smallest absolute Gasteiger partial charge is 0.371 e. The Balaban J connectivity index is 2.67. The van der Waals surface area contributed by atoms with Gasteiger partial charge in [-0.25, -0.2) is 4.79 Å². The number of carboxylic acids is 1. The van der Waals surface area contributed by atoms with Crippen LogP contribution in [0.5, 0.6) is 0 Å². The van der Waals surface area contributed by atoms with Gasteiger partial charge in [-0.1, -0.05) is 0 Å². The summed E-state index contributed by atoms with van der Waals surface area (Å²) in [6.45, 7) is 1.75. The molecule has 5 heteroatoms. The number of nitrogens with one attached hydrogen (secondary N) is 1. The molecule has 1 rings (SSSR count). The van der Waals surface area contributed by atoms with Crippen molar-refractivity contribution in [3.8, 4) is 12.3 Å². The number of hydrogen-bond donors (Lipinski definition) is 2. The monoisotopic (exact) mass is 221 g/mol. The Morgan fingerprint density at radius 3 is 2.69 bits per heavy atom. The summed E-state index contributed by atoms with van der Waals surface area (Å²) in [5.74, 6) is 0.410. The number of rotatable bonds is 4. The first kappa shape index (κ1) is 11.9. The highest BCUT2D eigenvalue weighted by Gasteiger charge is 2.15. The van der Waals surface area contributed by atoms with Gasteiger partial charge in [0.1, 0.15) is 0 Å². The van der Waals surface area contributed by atoms with Gasteiger partial charge in [0.25, 0.3) is 5.91 Å². The Morgan fingerprint density at radius 1 is 1.56 bits per heavy atom. The molecule has 1 aromatic heterocycles. The Kier molecular flexibility index (Phi) is 3.72. The van der Waals surface area contributed by atoms with Crippen LogP contribution >= 0.6 is 0 Å². The van der Waals surface area contributed by atoms with Crippen LogP contribution < -0.4 is 5.32 Å². The average molecular weight is 221 g/mol. The number of carbonyl (C=O) groups is 2. The quantitative estimate of drug-likeness (QED) is 0.746. The lowest BCUT2D eigenvalue weighted by Gasteiger charge is -2.08. The van der Waals surface area contributed by atoms with Gasteiger partial charge in [-0.05, 0) is 19.1 Å². The van der Waals surface area contributed by atoms with Gasteiger partial charge >= 0.3 is 5.97 Å². The predicted molar refractivity (Wildman–Crippen MR) is 56.0 cm³/mol. The van der Waals surface area contributed by atoms with Crippen molar-refractivity contribution in [1.29, 1.82) is 0 Å². The number of amides is 1. The van der Waals surface area contributed by atoms with Crippen molar-refractivity contribution < 1.29 is 19.1 Å². The van der Waals surface area contributed by atoms with Crippen LogP contribution in [0, 0.1) is 12.3 Å². The molecule has 0 bridgehead atoms. The van der Waals surface area contributed by atoms with Gasteiger partial charge in [-0.15, -0.1) is 12.3 Å². The Labute approximate surface area is 92.4 Å². The Bertz CT molecular complexity index is 441. The minimum absolute atomic E-state index is 0.0405. The normalized spacial score (nSPS) is 11.5. The molecule has 0 aromatic carbocycles. The molecule has 16 heavy (non-hydrogen) atoms. The summed E-state index contributed by atoms with van der Waals surface area (Å²) >= 11 is 0. The third-order valence-corrected chi connectivity index (χ3v) is 1.84. The maximum absolute atomic E-state index is 11.5. The number of carbonyl (C=O) groups excluding carboxylic acids is 1. The maximum Gasteiger partial charge on any atom is 0.371 e. The van der Waals surface area contributed by atoms with Crippen molar-refractivity contribution >= 4 is 11.9 Å². The van der Waals surface area contributed by atoms with Crippen molar-refractivity contribution in [2.45, 2.75) is 19.4 Å². The number of terminal acetylenes is 1. The lowest BCUT2D eigenvalue weighted by molar-refractivity contribution is 0.0659. The fourth-order valence-corrected chi connectivity index (χ4v) is 1.10. The zero-order chi connectivity index (χ0) is 12.1. The summed E-state index contributed by atoms with van der Waals surface area (Å²) in [6, 6.07) is 2.35. The summed E-state index contributed by atoms with van der Waals surface area (Å²) in [5.41, 5.74) is 0. The summed E-state index contributed by atoms with van der Waals surface area (Å²) in [5, 5.41) is 11.2. The molecule has 1 atom stereocenters. The van der Waals surface area contributed by atoms with E-state index in [4.69, 9.17) is 15.9 Å². The average Bonchev–Trinajstić information content (AvgIpc) is 2.66. The van der Waals surface area contributed by atoms with Crippen LogP contribution in [-0.2, 0) is 0 Å². The highest BCUT2D eigenvalue weighted by Crippen LogP contribution is 2.08. The highest BCUT2D eigenvalue weighted by molar-refractivity contribution is 5.93. The number of hydrogen-bond acceptors (Lipinski definition) is 3. The van der Waals surface area contributed by atoms with E-state index in [9.17, 15) is 9.59 Å². The first-order valence-corrected chi connectivity index (χ1v) is 4.62. The molecule has 0 radical (unpaired) electrons. The molecule has 5 nitrogen and oxygen atoms in total. The summed E-state index contributed by atoms with van der Waals surface area (Å²) in [4.78, 5) is 22.0. The Morgan fingerprint density at radius 2 is 2.19 bits per heavy atom. The topological polar surface area (TPSA) is 79.5 Å². The van der Waals surface area contributed by atoms with E-state index < -0.39 is 11.9 Å². The zero-order valence-corrected chi connectivity index (χ0v) is 8.69. The van der Waals surface area contributed by atoms with E-state index in [0.717, 1.165) is 0 Å². The first-order valence-electron chi connectivity index (χ1n) is 4.62. The van der Waals surface area contributed by atoms with Gasteiger partial charge < -0.3 is 14.8 Å². The molecule has 0 saturated carbocycles. The fraction of sp³-hybridized carbons (Fsp3) is 0.273. The van der Waals surface area contributed by atoms with Crippen molar-refractivity contribution in [2.24, 2.45) is 0 Å². The van der Waals surface area contributed by atoms with Gasteiger partial charge in [0.05, 0.1) is 0 Å². The van der Waals surface area contributed by atoms with Crippen LogP contribution in [0.4, 0.5) is 0 Å². The number of carboxylic acid groups (broad SMARTS) is 1. The van der Waals surface area contributed by atoms with E-state index in [1.807, 2.05) is 0 Å². The molecule has 0 saturated heterocycles. The summed E-state index contributed by atoms with van der Waals surface area (Å²) < 4.78 is 4.82. The molecule has 2 N–H and O–H groups in total. The van der Waals surface area contributed by atoms with E-state index in [1.54, 1.807) is 6.92 Å². The molecule has 1 heterocycles. The zero-order valence-electron chi connectivity index (χ0n) is 8.69. The van der Waals surface area contributed by atoms with Crippen LogP contribution in [-0.4, -0.2) is 23.0 Å². The largest absolute Gasteiger partial charge is 0.475 e. The molecule has 1 aromatic rings. The SMILES string of the molecule is C#CCC(C)NC(=O)c1ccc(C(=O)O)o1. The third kappa shape index (κ3) is 2.89. The van der Waals surface area contributed by atoms with E-state index in [2.05, 4.69) is 11.2 Å². The van der Waals surface area contributed by atoms with Gasteiger partial charge in [0.15, 0.2) is 5.76 Å². The molecular formula is C11H11NO4. The van der Waals surface area contributed by atoms with Gasteiger partial charge in [-0.2, -0.15) is 0 Å². The van der Waals surface area contributed by atoms with Gasteiger partial charge in [0.2, 0.25) is 5.76 Å². The molecule has 0 fully saturated rings. The van der Waals surface area contributed by atoms with Crippen molar-refractivity contribution in [2.75, 3.05) is 0 Å². The second kappa shape index (κ2) is 5.03. The molecule has 1 unspecified atom stereocenters. The third-order valence-electron chi connectivity index (χ3n) is 1.84. The molecule has 84 valence electrons. The predicted octanol–water partition coefficient (Wildman–Crippen LogP) is 1.12. The summed E-state index contributed by atoms with van der Waals surface area (Å²) in [6.07, 6.45) is 5.49. The molecule has 0 aliphatic heterocycles. The summed E-state index contributed by atoms with van der Waals surface area (Å²) in [7, 11) is 0. The maximum atomic E-state index is 11.5. The molecular weight excluding hydrogens is 210 g/mol. The highest BCUT2D eigenvalue weighted by atomic mass is 16.4. The van der Waals surface area contributed by atoms with Crippen molar-refractivity contribution in [1.82, 2.24) is 5.32 Å². The second-order valence-corrected chi connectivity index (χ2v) is 3.25. The Hall–Kier alpha value is -2.22. The number of furan rings is 1. The van der Waals surface area contributed by atoms with Gasteiger partial charge in [-0.3, -0.25) is 4.79 Å². The van der Waals surface area contributed by atoms with Crippen LogP contribution in [0.3, 0.4) is 0 Å². The van der Waals surface area contributed by atoms with E-state index in [1.165, 1.54) is 12.1 Å². The van der Waals surface area contributed by atoms with Crippen LogP contribution in [0.2, 0.25) is 0 Å². The number of aromatic carboxylic acids is 1. The fourth-order valence-electron chi connectivity index (χ4n) is 1.10. The standard InChI is InChI=1S/C11H11NO4/c1-3-4-7(2)12-10(13)8-5-6-9(16-8)11(14)15/h1,5-7H,4H2,2H3,(H,12,13)(H,14,15). The minimum atomic E-state index is -1.21. The van der Waals surface area contributed by atoms with Crippen molar-refractivity contribution in [3.05, 3.63) is 23.7 Å². The van der Waals surface area contributed by atoms with Crippen LogP contribution in [0.1, 0.15) is 34.5 Å². The van der Waals surface area contributed by atoms with Crippen molar-refractivity contribution in [3.63, 3.8) is 0 Å². The molecule has 0 spiro atoms. The first-order chi connectivity index (χ1) is 7.54. The van der Waals surface area contributed by atoms with E-state index in [-0.39, 0.29) is 17.6 Å². The molecule has 0 aliphatic carbocycles. The lowest BCUT2D eigenvalue weighted by Crippen LogP contribution is -2.31.